The number of ether oxygens (including phenoxy) is 2. The van der Waals surface area contributed by atoms with Gasteiger partial charge in [-0.2, -0.15) is 8.42 Å². The number of pyridine rings is 1. The van der Waals surface area contributed by atoms with E-state index in [1.165, 1.54) is 55.9 Å². The van der Waals surface area contributed by atoms with Gasteiger partial charge in [-0.3, -0.25) is 9.52 Å². The maximum atomic E-state index is 14.9. The van der Waals surface area contributed by atoms with Gasteiger partial charge in [0, 0.05) is 31.0 Å². The van der Waals surface area contributed by atoms with Crippen LogP contribution in [0.3, 0.4) is 0 Å². The number of carbonyl (C=O) groups is 1. The lowest BCUT2D eigenvalue weighted by Gasteiger charge is -2.09. The van der Waals surface area contributed by atoms with Crippen LogP contribution in [0.2, 0.25) is 0 Å². The molecule has 5 rings (SSSR count). The Balaban J connectivity index is 1.34. The second-order valence-corrected chi connectivity index (χ2v) is 11.1. The number of nitrogens with zero attached hydrogens (tertiary/aromatic N) is 3. The molecule has 2 aromatic heterocycles. The minimum Gasteiger partial charge on any atom is -0.495 e. The smallest absolute Gasteiger partial charge is 0.277 e. The van der Waals surface area contributed by atoms with Crippen LogP contribution in [0.5, 0.6) is 17.4 Å². The molecule has 0 aliphatic carbocycles. The highest BCUT2D eigenvalue weighted by atomic mass is 32.2. The van der Waals surface area contributed by atoms with Gasteiger partial charge in [0.15, 0.2) is 16.6 Å². The van der Waals surface area contributed by atoms with Crippen LogP contribution in [0, 0.1) is 18.6 Å². The van der Waals surface area contributed by atoms with E-state index >= 15 is 0 Å². The van der Waals surface area contributed by atoms with Crippen LogP contribution in [0.15, 0.2) is 87.7 Å². The van der Waals surface area contributed by atoms with E-state index in [0.29, 0.717) is 16.8 Å². The SMILES string of the molecule is COc1c[nH]c(S(=O)(=O)Nc2cc3c(cc2F)CC(C(=O)C(=CN)C(N)=Nc2cnc(Oc4ccccc4F)cc2C)=N3)c1. The fourth-order valence-corrected chi connectivity index (χ4v) is 5.25. The first-order chi connectivity index (χ1) is 21.0. The first kappa shape index (κ1) is 29.9. The van der Waals surface area contributed by atoms with Crippen LogP contribution in [-0.4, -0.2) is 42.8 Å². The van der Waals surface area contributed by atoms with Crippen molar-refractivity contribution in [3.63, 3.8) is 0 Å². The molecule has 44 heavy (non-hydrogen) atoms. The summed E-state index contributed by atoms with van der Waals surface area (Å²) in [6.45, 7) is 1.69. The number of aryl methyl sites for hydroxylation is 1. The van der Waals surface area contributed by atoms with Crippen LogP contribution in [0.1, 0.15) is 11.1 Å². The Morgan fingerprint density at radius 3 is 2.61 bits per heavy atom. The van der Waals surface area contributed by atoms with Gasteiger partial charge in [-0.1, -0.05) is 12.1 Å². The summed E-state index contributed by atoms with van der Waals surface area (Å²) in [7, 11) is -2.81. The summed E-state index contributed by atoms with van der Waals surface area (Å²) in [5.41, 5.74) is 12.7. The van der Waals surface area contributed by atoms with Crippen molar-refractivity contribution in [2.24, 2.45) is 21.5 Å². The van der Waals surface area contributed by atoms with E-state index in [1.807, 2.05) is 0 Å². The Labute approximate surface area is 250 Å². The number of anilines is 1. The Bertz CT molecular complexity index is 1990. The second-order valence-electron chi connectivity index (χ2n) is 9.45. The summed E-state index contributed by atoms with van der Waals surface area (Å²) < 4.78 is 66.9. The number of aliphatic imine (C=N–C) groups is 2. The Morgan fingerprint density at radius 2 is 1.93 bits per heavy atom. The topological polar surface area (TPSA) is 187 Å². The number of para-hydroxylation sites is 1. The molecule has 0 saturated heterocycles. The summed E-state index contributed by atoms with van der Waals surface area (Å²) >= 11 is 0. The molecule has 1 aliphatic heterocycles. The number of sulfonamides is 1. The van der Waals surface area contributed by atoms with Crippen molar-refractivity contribution in [1.82, 2.24) is 9.97 Å². The third-order valence-corrected chi connectivity index (χ3v) is 7.78. The van der Waals surface area contributed by atoms with Crippen LogP contribution < -0.4 is 25.7 Å². The molecule has 0 saturated carbocycles. The van der Waals surface area contributed by atoms with Gasteiger partial charge in [0.2, 0.25) is 11.7 Å². The van der Waals surface area contributed by atoms with Crippen molar-refractivity contribution < 1.29 is 31.5 Å². The van der Waals surface area contributed by atoms with Crippen molar-refractivity contribution in [1.29, 1.82) is 0 Å². The van der Waals surface area contributed by atoms with Gasteiger partial charge < -0.3 is 25.9 Å². The van der Waals surface area contributed by atoms with Gasteiger partial charge in [-0.05, 0) is 42.3 Å². The standard InChI is InChI=1S/C29H25F2N7O5S/c1-15-7-26(43-25-6-4-3-5-19(25)30)34-14-24(15)37-29(33)18(12-32)28(39)23-9-16-8-20(31)22(11-21(16)36-23)38-44(40,41)27-10-17(42-2)13-35-27/h3-8,10-14,35,38H,9,32H2,1-2H3,(H2,33,37). The molecule has 12 nitrogen and oxygen atoms in total. The number of rotatable bonds is 10. The molecular weight excluding hydrogens is 596 g/mol. The lowest BCUT2D eigenvalue weighted by Crippen LogP contribution is -2.27. The molecule has 0 fully saturated rings. The molecule has 1 aliphatic rings. The molecule has 0 unspecified atom stereocenters. The van der Waals surface area contributed by atoms with Gasteiger partial charge in [0.25, 0.3) is 10.0 Å². The number of methoxy groups -OCH3 is 1. The number of halogens is 2. The maximum Gasteiger partial charge on any atom is 0.277 e. The van der Waals surface area contributed by atoms with E-state index in [2.05, 4.69) is 24.7 Å². The van der Waals surface area contributed by atoms with Crippen LogP contribution in [-0.2, 0) is 21.2 Å². The number of Topliss-reactive ketones (excluding diaryl/α,β-unsaturated/α-hetero) is 1. The number of nitrogens with one attached hydrogen (secondary N) is 2. The molecule has 0 spiro atoms. The zero-order chi connectivity index (χ0) is 31.6. The third kappa shape index (κ3) is 6.12. The summed E-state index contributed by atoms with van der Waals surface area (Å²) in [6, 6.07) is 10.9. The van der Waals surface area contributed by atoms with E-state index in [0.717, 1.165) is 12.3 Å². The summed E-state index contributed by atoms with van der Waals surface area (Å²) in [6.07, 6.45) is 3.60. The summed E-state index contributed by atoms with van der Waals surface area (Å²) in [5.74, 6) is -1.91. The van der Waals surface area contributed by atoms with Crippen molar-refractivity contribution in [2.75, 3.05) is 11.8 Å². The van der Waals surface area contributed by atoms with Crippen molar-refractivity contribution in [3.05, 3.63) is 95.5 Å². The van der Waals surface area contributed by atoms with E-state index in [9.17, 15) is 22.0 Å². The quantitative estimate of drug-likeness (QED) is 0.114. The molecule has 3 heterocycles. The number of carbonyl (C=O) groups excluding carboxylic acids is 1. The normalized spacial score (nSPS) is 13.3. The van der Waals surface area contributed by atoms with Crippen LogP contribution in [0.25, 0.3) is 0 Å². The molecule has 226 valence electrons. The molecule has 6 N–H and O–H groups in total. The largest absolute Gasteiger partial charge is 0.495 e. The van der Waals surface area contributed by atoms with E-state index in [-0.39, 0.29) is 57.3 Å². The number of hydrogen-bond acceptors (Lipinski definition) is 9. The van der Waals surface area contributed by atoms with Crippen LogP contribution in [0.4, 0.5) is 25.8 Å². The van der Waals surface area contributed by atoms with Gasteiger partial charge >= 0.3 is 0 Å². The Hall–Kier alpha value is -5.57. The number of aromatic amines is 1. The minimum atomic E-state index is -4.18. The van der Waals surface area contributed by atoms with E-state index in [4.69, 9.17) is 20.9 Å². The Kier molecular flexibility index (Phi) is 8.13. The number of amidine groups is 1. The molecule has 0 bridgehead atoms. The van der Waals surface area contributed by atoms with Crippen LogP contribution >= 0.6 is 0 Å². The second kappa shape index (κ2) is 12.0. The maximum absolute atomic E-state index is 14.9. The van der Waals surface area contributed by atoms with Crippen molar-refractivity contribution in [3.8, 4) is 17.4 Å². The average Bonchev–Trinajstić information content (AvgIpc) is 3.64. The van der Waals surface area contributed by atoms with Gasteiger partial charge in [-0.15, -0.1) is 0 Å². The van der Waals surface area contributed by atoms with Gasteiger partial charge in [0.05, 0.1) is 41.7 Å². The number of benzene rings is 2. The highest BCUT2D eigenvalue weighted by Crippen LogP contribution is 2.34. The number of ketones is 1. The lowest BCUT2D eigenvalue weighted by molar-refractivity contribution is -0.109. The molecule has 0 amide bonds. The van der Waals surface area contributed by atoms with Crippen molar-refractivity contribution >= 4 is 44.4 Å². The van der Waals surface area contributed by atoms with E-state index in [1.54, 1.807) is 13.0 Å². The van der Waals surface area contributed by atoms with Gasteiger partial charge in [0.1, 0.15) is 17.4 Å². The number of H-pyrrole nitrogens is 1. The van der Waals surface area contributed by atoms with Gasteiger partial charge in [-0.25, -0.2) is 23.7 Å². The molecule has 2 aromatic carbocycles. The summed E-state index contributed by atoms with van der Waals surface area (Å²) in [5, 5.41) is -0.237. The number of fused-ring (bicyclic) bond motifs is 1. The predicted octanol–water partition coefficient (Wildman–Crippen LogP) is 4.33. The number of hydrogen-bond donors (Lipinski definition) is 4. The third-order valence-electron chi connectivity index (χ3n) is 6.48. The fraction of sp³-hybridized carbons (Fsp3) is 0.103. The molecular formula is C29H25F2N7O5S. The fourth-order valence-electron chi connectivity index (χ4n) is 4.21. The molecule has 15 heteroatoms. The highest BCUT2D eigenvalue weighted by Gasteiger charge is 2.28. The molecule has 0 radical (unpaired) electrons. The molecule has 0 atom stereocenters. The minimum absolute atomic E-state index is 0.00182. The van der Waals surface area contributed by atoms with E-state index < -0.39 is 27.4 Å². The zero-order valence-corrected chi connectivity index (χ0v) is 24.1. The number of nitrogens with two attached hydrogens (primary N) is 2. The predicted molar refractivity (Wildman–Crippen MR) is 159 cm³/mol. The summed E-state index contributed by atoms with van der Waals surface area (Å²) in [4.78, 5) is 28.6. The monoisotopic (exact) mass is 621 g/mol. The highest BCUT2D eigenvalue weighted by molar-refractivity contribution is 7.92. The average molecular weight is 622 g/mol. The number of aromatic nitrogens is 2. The van der Waals surface area contributed by atoms with Crippen molar-refractivity contribution in [2.45, 2.75) is 18.4 Å². The zero-order valence-electron chi connectivity index (χ0n) is 23.3. The lowest BCUT2D eigenvalue weighted by atomic mass is 10.0. The Morgan fingerprint density at radius 1 is 1.16 bits per heavy atom. The molecule has 4 aromatic rings. The first-order valence-corrected chi connectivity index (χ1v) is 14.3. The first-order valence-electron chi connectivity index (χ1n) is 12.8.